The minimum Gasteiger partial charge on any atom is -0.493 e. The summed E-state index contributed by atoms with van der Waals surface area (Å²) < 4.78 is 21.6. The lowest BCUT2D eigenvalue weighted by Crippen LogP contribution is -2.56. The first-order valence-corrected chi connectivity index (χ1v) is 14.6. The summed E-state index contributed by atoms with van der Waals surface area (Å²) in [5.74, 6) is 0.563. The van der Waals surface area contributed by atoms with E-state index in [-0.39, 0.29) is 24.2 Å². The third-order valence-electron chi connectivity index (χ3n) is 6.90. The molecule has 12 heteroatoms. The van der Waals surface area contributed by atoms with Crippen LogP contribution in [0.3, 0.4) is 0 Å². The molecule has 0 radical (unpaired) electrons. The van der Waals surface area contributed by atoms with E-state index in [1.54, 1.807) is 12.1 Å². The zero-order valence-electron chi connectivity index (χ0n) is 26.8. The third kappa shape index (κ3) is 10.9. The van der Waals surface area contributed by atoms with Gasteiger partial charge in [-0.1, -0.05) is 53.7 Å². The van der Waals surface area contributed by atoms with Gasteiger partial charge in [0.25, 0.3) is 0 Å². The molecule has 2 rings (SSSR count). The summed E-state index contributed by atoms with van der Waals surface area (Å²) >= 11 is 0. The van der Waals surface area contributed by atoms with Crippen LogP contribution in [0, 0.1) is 11.8 Å². The van der Waals surface area contributed by atoms with Gasteiger partial charge in [0.2, 0.25) is 17.6 Å². The van der Waals surface area contributed by atoms with Crippen molar-refractivity contribution in [1.29, 1.82) is 0 Å². The SMILES string of the molecule is COc1cc(C[C@H](Nc2cccc(C(C)C)c2)C(=O)N[C@H](C(=O)N[C@@H](CC(C)C)OB(O)O)C(C)C)cc(OC)c1OC. The van der Waals surface area contributed by atoms with Crippen molar-refractivity contribution in [3.8, 4) is 17.2 Å². The van der Waals surface area contributed by atoms with Gasteiger partial charge < -0.3 is 44.9 Å². The van der Waals surface area contributed by atoms with E-state index < -0.39 is 37.4 Å². The van der Waals surface area contributed by atoms with E-state index in [4.69, 9.17) is 18.9 Å². The number of methoxy groups -OCH3 is 3. The number of ether oxygens (including phenoxy) is 3. The number of amides is 2. The molecule has 11 nitrogen and oxygen atoms in total. The van der Waals surface area contributed by atoms with E-state index >= 15 is 0 Å². The molecule has 0 bridgehead atoms. The molecule has 0 aliphatic carbocycles. The molecule has 2 amide bonds. The topological polar surface area (TPSA) is 148 Å². The van der Waals surface area contributed by atoms with Crippen LogP contribution in [-0.2, 0) is 20.7 Å². The molecule has 0 unspecified atom stereocenters. The van der Waals surface area contributed by atoms with Crippen molar-refractivity contribution >= 4 is 24.8 Å². The van der Waals surface area contributed by atoms with Crippen LogP contribution in [-0.4, -0.2) is 68.8 Å². The van der Waals surface area contributed by atoms with E-state index in [1.165, 1.54) is 21.3 Å². The Labute approximate surface area is 255 Å². The molecule has 43 heavy (non-hydrogen) atoms. The molecule has 0 saturated heterocycles. The lowest BCUT2D eigenvalue weighted by Gasteiger charge is -2.28. The van der Waals surface area contributed by atoms with E-state index in [0.717, 1.165) is 16.8 Å². The van der Waals surface area contributed by atoms with Gasteiger partial charge in [-0.05, 0) is 59.6 Å². The van der Waals surface area contributed by atoms with Crippen molar-refractivity contribution in [3.05, 3.63) is 47.5 Å². The summed E-state index contributed by atoms with van der Waals surface area (Å²) in [6, 6.07) is 9.71. The number of hydrogen-bond donors (Lipinski definition) is 5. The van der Waals surface area contributed by atoms with Crippen molar-refractivity contribution in [1.82, 2.24) is 10.6 Å². The lowest BCUT2D eigenvalue weighted by molar-refractivity contribution is -0.132. The van der Waals surface area contributed by atoms with Crippen LogP contribution in [0.25, 0.3) is 0 Å². The van der Waals surface area contributed by atoms with Gasteiger partial charge in [-0.3, -0.25) is 9.59 Å². The van der Waals surface area contributed by atoms with Gasteiger partial charge in [0.05, 0.1) is 21.3 Å². The second-order valence-electron chi connectivity index (χ2n) is 11.5. The highest BCUT2D eigenvalue weighted by atomic mass is 16.6. The Hall–Kier alpha value is -3.48. The Morgan fingerprint density at radius 2 is 1.49 bits per heavy atom. The molecule has 2 aromatic rings. The van der Waals surface area contributed by atoms with Crippen molar-refractivity contribution in [2.45, 2.75) is 78.6 Å². The third-order valence-corrected chi connectivity index (χ3v) is 6.90. The van der Waals surface area contributed by atoms with Crippen molar-refractivity contribution in [2.75, 3.05) is 26.6 Å². The highest BCUT2D eigenvalue weighted by Crippen LogP contribution is 2.38. The number of anilines is 1. The second-order valence-corrected chi connectivity index (χ2v) is 11.5. The number of rotatable bonds is 17. The average Bonchev–Trinajstić information content (AvgIpc) is 2.93. The maximum Gasteiger partial charge on any atom is 0.635 e. The number of benzene rings is 2. The Morgan fingerprint density at radius 1 is 0.860 bits per heavy atom. The molecule has 0 spiro atoms. The Kier molecular flexibility index (Phi) is 14.1. The normalized spacial score (nSPS) is 13.3. The van der Waals surface area contributed by atoms with Crippen LogP contribution in [0.4, 0.5) is 5.69 Å². The van der Waals surface area contributed by atoms with Crippen LogP contribution < -0.4 is 30.2 Å². The molecule has 0 aliphatic rings. The fraction of sp³-hybridized carbons (Fsp3) is 0.548. The highest BCUT2D eigenvalue weighted by molar-refractivity contribution is 6.32. The monoisotopic (exact) mass is 601 g/mol. The van der Waals surface area contributed by atoms with Gasteiger partial charge in [0.1, 0.15) is 18.3 Å². The summed E-state index contributed by atoms with van der Waals surface area (Å²) in [6.45, 7) is 11.7. The van der Waals surface area contributed by atoms with E-state index in [9.17, 15) is 19.6 Å². The summed E-state index contributed by atoms with van der Waals surface area (Å²) in [4.78, 5) is 27.3. The first-order valence-electron chi connectivity index (χ1n) is 14.6. The Balaban J connectivity index is 2.42. The molecule has 2 aromatic carbocycles. The van der Waals surface area contributed by atoms with Crippen LogP contribution in [0.2, 0.25) is 0 Å². The molecule has 0 aliphatic heterocycles. The molecule has 0 fully saturated rings. The minimum absolute atomic E-state index is 0.102. The molecule has 0 heterocycles. The Bertz CT molecular complexity index is 1160. The fourth-order valence-electron chi connectivity index (χ4n) is 4.65. The van der Waals surface area contributed by atoms with Gasteiger partial charge in [-0.2, -0.15) is 0 Å². The van der Waals surface area contributed by atoms with Crippen molar-refractivity contribution < 1.29 is 38.5 Å². The predicted molar refractivity (Wildman–Crippen MR) is 167 cm³/mol. The van der Waals surface area contributed by atoms with Gasteiger partial charge in [-0.25, -0.2) is 0 Å². The van der Waals surface area contributed by atoms with E-state index in [2.05, 4.69) is 29.8 Å². The fourth-order valence-corrected chi connectivity index (χ4v) is 4.65. The first-order chi connectivity index (χ1) is 20.3. The quantitative estimate of drug-likeness (QED) is 0.136. The summed E-state index contributed by atoms with van der Waals surface area (Å²) in [6.07, 6.45) is -0.367. The van der Waals surface area contributed by atoms with Crippen LogP contribution in [0.1, 0.15) is 65.0 Å². The minimum atomic E-state index is -2.05. The van der Waals surface area contributed by atoms with Crippen LogP contribution >= 0.6 is 0 Å². The smallest absolute Gasteiger partial charge is 0.493 e. The first kappa shape index (κ1) is 35.7. The molecular weight excluding hydrogens is 553 g/mol. The number of carbonyl (C=O) groups excluding carboxylic acids is 2. The molecule has 238 valence electrons. The Morgan fingerprint density at radius 3 is 1.98 bits per heavy atom. The van der Waals surface area contributed by atoms with E-state index in [0.29, 0.717) is 23.7 Å². The zero-order chi connectivity index (χ0) is 32.3. The van der Waals surface area contributed by atoms with Gasteiger partial charge in [0.15, 0.2) is 11.5 Å². The number of hydrogen-bond acceptors (Lipinski definition) is 9. The van der Waals surface area contributed by atoms with Gasteiger partial charge in [0, 0.05) is 12.1 Å². The van der Waals surface area contributed by atoms with Crippen molar-refractivity contribution in [3.63, 3.8) is 0 Å². The largest absolute Gasteiger partial charge is 0.635 e. The summed E-state index contributed by atoms with van der Waals surface area (Å²) in [5, 5.41) is 27.6. The molecule has 5 N–H and O–H groups in total. The maximum atomic E-state index is 13.9. The second kappa shape index (κ2) is 17.0. The van der Waals surface area contributed by atoms with Crippen LogP contribution in [0.15, 0.2) is 36.4 Å². The predicted octanol–water partition coefficient (Wildman–Crippen LogP) is 3.47. The number of nitrogens with one attached hydrogen (secondary N) is 3. The highest BCUT2D eigenvalue weighted by Gasteiger charge is 2.31. The number of carbonyl (C=O) groups is 2. The maximum absolute atomic E-state index is 13.9. The van der Waals surface area contributed by atoms with Crippen molar-refractivity contribution in [2.24, 2.45) is 11.8 Å². The molecule has 3 atom stereocenters. The molecule has 0 saturated carbocycles. The summed E-state index contributed by atoms with van der Waals surface area (Å²) in [5.41, 5.74) is 2.61. The zero-order valence-corrected chi connectivity index (χ0v) is 26.8. The van der Waals surface area contributed by atoms with Gasteiger partial charge >= 0.3 is 7.32 Å². The van der Waals surface area contributed by atoms with Gasteiger partial charge in [-0.15, -0.1) is 0 Å². The summed E-state index contributed by atoms with van der Waals surface area (Å²) in [7, 11) is 2.52. The molecule has 0 aromatic heterocycles. The average molecular weight is 602 g/mol. The molecular formula is C31H48BN3O8. The standard InChI is InChI=1S/C31H48BN3O8/c1-18(2)13-27(43-32(38)39)34-31(37)28(20(5)6)35-30(36)24(33-23-12-10-11-22(17-23)19(3)4)14-21-15-25(40-7)29(42-9)26(16-21)41-8/h10-12,15-20,24,27-28,33,38-39H,13-14H2,1-9H3,(H,34,37)(H,35,36)/t24-,27+,28-/m0/s1. The lowest BCUT2D eigenvalue weighted by atomic mass is 9.99. The van der Waals surface area contributed by atoms with E-state index in [1.807, 2.05) is 52.0 Å². The van der Waals surface area contributed by atoms with Crippen LogP contribution in [0.5, 0.6) is 17.2 Å².